The van der Waals surface area contributed by atoms with Gasteiger partial charge in [-0.2, -0.15) is 43.9 Å². The molecule has 0 aromatic rings. The Morgan fingerprint density at radius 3 is 1.27 bits per heavy atom. The van der Waals surface area contributed by atoms with Crippen molar-refractivity contribution in [3.05, 3.63) is 0 Å². The van der Waals surface area contributed by atoms with Crippen molar-refractivity contribution < 1.29 is 62.3 Å². The second kappa shape index (κ2) is 5.96. The maximum absolute atomic E-state index is 12.5. The summed E-state index contributed by atoms with van der Waals surface area (Å²) < 4.78 is 137. The molecule has 0 bridgehead atoms. The van der Waals surface area contributed by atoms with E-state index >= 15 is 0 Å². The zero-order valence-corrected chi connectivity index (χ0v) is 11.0. The zero-order valence-electron chi connectivity index (χ0n) is 10.1. The summed E-state index contributed by atoms with van der Waals surface area (Å²) in [7, 11) is -6.50. The molecule has 0 aliphatic heterocycles. The van der Waals surface area contributed by atoms with Gasteiger partial charge in [-0.05, 0) is 6.92 Å². The van der Waals surface area contributed by atoms with Gasteiger partial charge in [-0.15, -0.1) is 0 Å². The van der Waals surface area contributed by atoms with Crippen molar-refractivity contribution in [1.82, 2.24) is 0 Å². The smallest absolute Gasteiger partial charge is 0.299 e. The van der Waals surface area contributed by atoms with Crippen LogP contribution in [0.1, 0.15) is 6.92 Å². The van der Waals surface area contributed by atoms with Crippen LogP contribution in [0, 0.1) is 0 Å². The fourth-order valence-corrected chi connectivity index (χ4v) is 2.43. The molecular weight excluding hydrogens is 369 g/mol. The maximum atomic E-state index is 12.5. The van der Waals surface area contributed by atoms with E-state index in [9.17, 15) is 53.3 Å². The molecule has 0 rings (SSSR count). The van der Waals surface area contributed by atoms with Gasteiger partial charge in [0.15, 0.2) is 0 Å². The lowest BCUT2D eigenvalue weighted by Crippen LogP contribution is -2.42. The standard InChI is InChI=1S/C7H5F10O4P/c1-3(18)2-22(19,20-6(14,15)4(8,9)10)21-7(16,17)5(11,12)13/h2H2,1H3. The van der Waals surface area contributed by atoms with E-state index in [1.807, 2.05) is 0 Å². The van der Waals surface area contributed by atoms with Crippen molar-refractivity contribution in [2.24, 2.45) is 0 Å². The van der Waals surface area contributed by atoms with Crippen LogP contribution in [0.5, 0.6) is 0 Å². The molecule has 22 heavy (non-hydrogen) atoms. The predicted molar refractivity (Wildman–Crippen MR) is 47.3 cm³/mol. The van der Waals surface area contributed by atoms with Crippen molar-refractivity contribution in [3.63, 3.8) is 0 Å². The molecule has 132 valence electrons. The number of hydrogen-bond donors (Lipinski definition) is 0. The lowest BCUT2D eigenvalue weighted by atomic mass is 10.5. The van der Waals surface area contributed by atoms with Crippen LogP contribution in [0.15, 0.2) is 0 Å². The van der Waals surface area contributed by atoms with Crippen molar-refractivity contribution in [2.45, 2.75) is 31.5 Å². The zero-order chi connectivity index (χ0) is 18.2. The first-order valence-corrected chi connectivity index (χ1v) is 6.45. The minimum Gasteiger partial charge on any atom is -0.299 e. The third-order valence-electron chi connectivity index (χ3n) is 1.58. The van der Waals surface area contributed by atoms with E-state index in [-0.39, 0.29) is 0 Å². The summed E-state index contributed by atoms with van der Waals surface area (Å²) in [6.45, 7) is 0.358. The molecule has 0 aliphatic carbocycles. The Morgan fingerprint density at radius 1 is 0.818 bits per heavy atom. The number of ketones is 1. The van der Waals surface area contributed by atoms with E-state index < -0.39 is 44.1 Å². The lowest BCUT2D eigenvalue weighted by molar-refractivity contribution is -0.381. The third kappa shape index (κ3) is 5.39. The Morgan fingerprint density at radius 2 is 1.09 bits per heavy atom. The minimum atomic E-state index is -6.60. The van der Waals surface area contributed by atoms with Crippen LogP contribution in [0.25, 0.3) is 0 Å². The molecule has 0 N–H and O–H groups in total. The van der Waals surface area contributed by atoms with E-state index in [1.165, 1.54) is 0 Å². The summed E-state index contributed by atoms with van der Waals surface area (Å²) in [5.41, 5.74) is 0. The first-order chi connectivity index (χ1) is 9.33. The second-order valence-electron chi connectivity index (χ2n) is 3.68. The number of carbonyl (C=O) groups is 1. The van der Waals surface area contributed by atoms with Gasteiger partial charge in [-0.25, -0.2) is 9.05 Å². The number of alkyl halides is 10. The molecule has 0 amide bonds. The van der Waals surface area contributed by atoms with Crippen LogP contribution in [0.2, 0.25) is 0 Å². The highest BCUT2D eigenvalue weighted by atomic mass is 31.2. The summed E-state index contributed by atoms with van der Waals surface area (Å²) in [4.78, 5) is 10.5. The van der Waals surface area contributed by atoms with E-state index in [2.05, 4.69) is 9.05 Å². The van der Waals surface area contributed by atoms with Crippen LogP contribution in [-0.4, -0.2) is 36.5 Å². The average molecular weight is 374 g/mol. The van der Waals surface area contributed by atoms with Crippen LogP contribution in [-0.2, 0) is 18.4 Å². The van der Waals surface area contributed by atoms with Crippen molar-refractivity contribution >= 4 is 13.4 Å². The van der Waals surface area contributed by atoms with E-state index in [4.69, 9.17) is 0 Å². The highest BCUT2D eigenvalue weighted by Crippen LogP contribution is 2.60. The normalized spacial score (nSPS) is 15.0. The molecule has 0 unspecified atom stereocenters. The summed E-state index contributed by atoms with van der Waals surface area (Å²) in [6, 6.07) is 0. The van der Waals surface area contributed by atoms with Crippen LogP contribution < -0.4 is 0 Å². The van der Waals surface area contributed by atoms with Gasteiger partial charge in [0.2, 0.25) is 0 Å². The molecule has 0 spiro atoms. The fraction of sp³-hybridized carbons (Fsp3) is 0.857. The van der Waals surface area contributed by atoms with Gasteiger partial charge in [0, 0.05) is 0 Å². The number of carbonyl (C=O) groups excluding carboxylic acids is 1. The van der Waals surface area contributed by atoms with Crippen LogP contribution >= 0.6 is 7.60 Å². The lowest BCUT2D eigenvalue weighted by Gasteiger charge is -2.28. The highest BCUT2D eigenvalue weighted by Gasteiger charge is 2.67. The summed E-state index contributed by atoms with van der Waals surface area (Å²) >= 11 is 0. The highest BCUT2D eigenvalue weighted by molar-refractivity contribution is 7.55. The van der Waals surface area contributed by atoms with Gasteiger partial charge < -0.3 is 0 Å². The van der Waals surface area contributed by atoms with Gasteiger partial charge in [0.1, 0.15) is 11.9 Å². The van der Waals surface area contributed by atoms with Gasteiger partial charge in [0.05, 0.1) is 0 Å². The van der Waals surface area contributed by atoms with E-state index in [1.54, 1.807) is 0 Å². The summed E-state index contributed by atoms with van der Waals surface area (Å²) in [6.07, 6.45) is -28.1. The van der Waals surface area contributed by atoms with Gasteiger partial charge >= 0.3 is 32.2 Å². The largest absolute Gasteiger partial charge is 0.483 e. The molecule has 0 aliphatic rings. The molecule has 0 saturated carbocycles. The van der Waals surface area contributed by atoms with E-state index in [0.29, 0.717) is 6.92 Å². The van der Waals surface area contributed by atoms with Crippen molar-refractivity contribution in [3.8, 4) is 0 Å². The molecule has 0 saturated heterocycles. The monoisotopic (exact) mass is 374 g/mol. The van der Waals surface area contributed by atoms with Crippen LogP contribution in [0.4, 0.5) is 43.9 Å². The molecule has 0 radical (unpaired) electrons. The fourth-order valence-electron chi connectivity index (χ4n) is 0.809. The van der Waals surface area contributed by atoms with Crippen molar-refractivity contribution in [1.29, 1.82) is 0 Å². The topological polar surface area (TPSA) is 52.6 Å². The number of Topliss-reactive ketones (excluding diaryl/α,β-unsaturated/α-hetero) is 1. The number of rotatable bonds is 6. The van der Waals surface area contributed by atoms with Crippen molar-refractivity contribution in [2.75, 3.05) is 6.16 Å². The second-order valence-corrected chi connectivity index (χ2v) is 5.59. The Kier molecular flexibility index (Phi) is 5.72. The maximum Gasteiger partial charge on any atom is 0.483 e. The molecule has 0 heterocycles. The Bertz CT molecular complexity index is 435. The van der Waals surface area contributed by atoms with Gasteiger partial charge in [-0.1, -0.05) is 0 Å². The average Bonchev–Trinajstić information content (AvgIpc) is 2.07. The van der Waals surface area contributed by atoms with E-state index in [0.717, 1.165) is 0 Å². The quantitative estimate of drug-likeness (QED) is 0.519. The molecule has 0 fully saturated rings. The first kappa shape index (κ1) is 21.1. The Labute approximate surface area is 114 Å². The predicted octanol–water partition coefficient (Wildman–Crippen LogP) is 4.11. The molecule has 0 atom stereocenters. The van der Waals surface area contributed by atoms with Gasteiger partial charge in [0.25, 0.3) is 0 Å². The number of hydrogen-bond acceptors (Lipinski definition) is 4. The minimum absolute atomic E-state index is 0.358. The molecular formula is C7H5F10O4P. The molecule has 0 aromatic heterocycles. The Balaban J connectivity index is 5.63. The Hall–Kier alpha value is -0.880. The molecule has 0 aromatic carbocycles. The molecule has 4 nitrogen and oxygen atoms in total. The van der Waals surface area contributed by atoms with Crippen LogP contribution in [0.3, 0.4) is 0 Å². The van der Waals surface area contributed by atoms with Gasteiger partial charge in [-0.3, -0.25) is 9.36 Å². The third-order valence-corrected chi connectivity index (χ3v) is 3.43. The summed E-state index contributed by atoms with van der Waals surface area (Å²) in [5, 5.41) is 0. The SMILES string of the molecule is CC(=O)CP(=O)(OC(F)(F)C(F)(F)F)OC(F)(F)C(F)(F)F. The first-order valence-electron chi connectivity index (χ1n) is 4.72. The number of halogens is 10. The molecule has 15 heteroatoms. The summed E-state index contributed by atoms with van der Waals surface area (Å²) in [5.74, 6) is -1.60.